The molecule has 18 heavy (non-hydrogen) atoms. The summed E-state index contributed by atoms with van der Waals surface area (Å²) in [4.78, 5) is 16.3. The van der Waals surface area contributed by atoms with Gasteiger partial charge in [-0.25, -0.2) is 4.98 Å². The van der Waals surface area contributed by atoms with Crippen LogP contribution in [0.4, 0.5) is 5.82 Å². The van der Waals surface area contributed by atoms with Gasteiger partial charge in [-0.2, -0.15) is 0 Å². The van der Waals surface area contributed by atoms with Crippen molar-refractivity contribution >= 4 is 11.7 Å². The Bertz CT molecular complexity index is 382. The number of pyridine rings is 1. The van der Waals surface area contributed by atoms with E-state index in [2.05, 4.69) is 15.6 Å². The molecule has 5 nitrogen and oxygen atoms in total. The molecule has 1 heterocycles. The number of aromatic nitrogens is 1. The predicted octanol–water partition coefficient (Wildman–Crippen LogP) is 1.67. The maximum absolute atomic E-state index is 12.1. The Hall–Kier alpha value is -1.62. The second-order valence-corrected chi connectivity index (χ2v) is 3.96. The van der Waals surface area contributed by atoms with E-state index in [4.69, 9.17) is 4.74 Å². The molecule has 0 aliphatic heterocycles. The summed E-state index contributed by atoms with van der Waals surface area (Å²) < 4.78 is 5.06. The Morgan fingerprint density at radius 3 is 2.89 bits per heavy atom. The van der Waals surface area contributed by atoms with Crippen LogP contribution in [-0.2, 0) is 4.74 Å². The van der Waals surface area contributed by atoms with Gasteiger partial charge in [-0.05, 0) is 25.5 Å². The Morgan fingerprint density at radius 2 is 2.28 bits per heavy atom. The van der Waals surface area contributed by atoms with Crippen molar-refractivity contribution in [3.8, 4) is 0 Å². The number of nitrogens with zero attached hydrogens (tertiary/aromatic N) is 1. The molecular formula is C13H21N3O2. The number of carbonyl (C=O) groups is 1. The zero-order chi connectivity index (χ0) is 13.4. The number of nitrogens with one attached hydrogen (secondary N) is 2. The quantitative estimate of drug-likeness (QED) is 0.773. The summed E-state index contributed by atoms with van der Waals surface area (Å²) in [6, 6.07) is 3.55. The van der Waals surface area contributed by atoms with Gasteiger partial charge in [0.1, 0.15) is 5.82 Å². The maximum atomic E-state index is 12.1. The van der Waals surface area contributed by atoms with E-state index < -0.39 is 0 Å². The summed E-state index contributed by atoms with van der Waals surface area (Å²) >= 11 is 0. The first-order valence-corrected chi connectivity index (χ1v) is 6.21. The molecule has 1 aromatic heterocycles. The molecule has 1 atom stereocenters. The van der Waals surface area contributed by atoms with Crippen molar-refractivity contribution in [2.75, 3.05) is 25.6 Å². The Balaban J connectivity index is 2.76. The first-order valence-electron chi connectivity index (χ1n) is 6.21. The highest BCUT2D eigenvalue weighted by atomic mass is 16.5. The fourth-order valence-corrected chi connectivity index (χ4v) is 1.62. The van der Waals surface area contributed by atoms with E-state index in [-0.39, 0.29) is 11.9 Å². The zero-order valence-corrected chi connectivity index (χ0v) is 11.2. The van der Waals surface area contributed by atoms with E-state index in [1.54, 1.807) is 25.4 Å². The van der Waals surface area contributed by atoms with Crippen molar-refractivity contribution in [1.29, 1.82) is 0 Å². The van der Waals surface area contributed by atoms with Crippen LogP contribution >= 0.6 is 0 Å². The number of anilines is 1. The molecule has 1 unspecified atom stereocenters. The molecule has 0 spiro atoms. The van der Waals surface area contributed by atoms with Gasteiger partial charge in [0, 0.05) is 19.9 Å². The summed E-state index contributed by atoms with van der Waals surface area (Å²) in [7, 11) is 1.63. The Morgan fingerprint density at radius 1 is 1.50 bits per heavy atom. The van der Waals surface area contributed by atoms with Gasteiger partial charge in [0.25, 0.3) is 5.91 Å². The molecule has 0 aromatic carbocycles. The van der Waals surface area contributed by atoms with Crippen LogP contribution in [0.3, 0.4) is 0 Å². The Kier molecular flexibility index (Phi) is 6.14. The fourth-order valence-electron chi connectivity index (χ4n) is 1.62. The van der Waals surface area contributed by atoms with Gasteiger partial charge in [-0.15, -0.1) is 0 Å². The average molecular weight is 251 g/mol. The van der Waals surface area contributed by atoms with E-state index >= 15 is 0 Å². The minimum absolute atomic E-state index is 0.0252. The van der Waals surface area contributed by atoms with Crippen molar-refractivity contribution in [2.45, 2.75) is 26.3 Å². The van der Waals surface area contributed by atoms with Crippen molar-refractivity contribution in [2.24, 2.45) is 0 Å². The summed E-state index contributed by atoms with van der Waals surface area (Å²) in [6.45, 7) is 5.22. The van der Waals surface area contributed by atoms with Crippen molar-refractivity contribution in [1.82, 2.24) is 10.3 Å². The number of hydrogen-bond donors (Lipinski definition) is 2. The van der Waals surface area contributed by atoms with Gasteiger partial charge in [0.2, 0.25) is 0 Å². The number of rotatable bonds is 7. The smallest absolute Gasteiger partial charge is 0.255 e. The van der Waals surface area contributed by atoms with Crippen LogP contribution in [-0.4, -0.2) is 37.2 Å². The maximum Gasteiger partial charge on any atom is 0.255 e. The summed E-state index contributed by atoms with van der Waals surface area (Å²) in [5.74, 6) is 0.493. The second-order valence-electron chi connectivity index (χ2n) is 3.96. The van der Waals surface area contributed by atoms with Gasteiger partial charge in [0.15, 0.2) is 0 Å². The number of ether oxygens (including phenoxy) is 1. The summed E-state index contributed by atoms with van der Waals surface area (Å²) in [6.07, 6.45) is 2.50. The number of amides is 1. The van der Waals surface area contributed by atoms with E-state index in [0.717, 1.165) is 13.0 Å². The minimum Gasteiger partial charge on any atom is -0.383 e. The van der Waals surface area contributed by atoms with Gasteiger partial charge in [-0.1, -0.05) is 6.92 Å². The fraction of sp³-hybridized carbons (Fsp3) is 0.538. The molecule has 0 radical (unpaired) electrons. The highest BCUT2D eigenvalue weighted by Gasteiger charge is 2.15. The molecule has 0 bridgehead atoms. The van der Waals surface area contributed by atoms with Crippen LogP contribution < -0.4 is 10.6 Å². The van der Waals surface area contributed by atoms with Crippen LogP contribution in [0.25, 0.3) is 0 Å². The zero-order valence-electron chi connectivity index (χ0n) is 11.2. The molecule has 0 saturated heterocycles. The highest BCUT2D eigenvalue weighted by Crippen LogP contribution is 2.11. The van der Waals surface area contributed by atoms with Crippen molar-refractivity contribution in [3.63, 3.8) is 0 Å². The predicted molar refractivity (Wildman–Crippen MR) is 71.8 cm³/mol. The third-order valence-electron chi connectivity index (χ3n) is 2.59. The van der Waals surface area contributed by atoms with Crippen LogP contribution in [0, 0.1) is 0 Å². The van der Waals surface area contributed by atoms with Gasteiger partial charge in [-0.3, -0.25) is 4.79 Å². The molecule has 1 rings (SSSR count). The van der Waals surface area contributed by atoms with E-state index in [1.807, 2.05) is 13.8 Å². The highest BCUT2D eigenvalue weighted by molar-refractivity contribution is 5.98. The standard InChI is InChI=1S/C13H21N3O2/c1-4-10(9-18-3)16-13(17)11-7-6-8-15-12(11)14-5-2/h6-8,10H,4-5,9H2,1-3H3,(H,14,15)(H,16,17). The van der Waals surface area contributed by atoms with Gasteiger partial charge >= 0.3 is 0 Å². The molecular weight excluding hydrogens is 230 g/mol. The normalized spacial score (nSPS) is 11.9. The number of methoxy groups -OCH3 is 1. The van der Waals surface area contributed by atoms with Crippen molar-refractivity contribution < 1.29 is 9.53 Å². The Labute approximate surface area is 108 Å². The van der Waals surface area contributed by atoms with Gasteiger partial charge in [0.05, 0.1) is 18.2 Å². The monoisotopic (exact) mass is 251 g/mol. The second kappa shape index (κ2) is 7.66. The molecule has 0 aliphatic rings. The number of carbonyl (C=O) groups excluding carboxylic acids is 1. The molecule has 0 fully saturated rings. The summed E-state index contributed by atoms with van der Waals surface area (Å²) in [5, 5.41) is 6.02. The summed E-state index contributed by atoms with van der Waals surface area (Å²) in [5.41, 5.74) is 0.564. The molecule has 0 aliphatic carbocycles. The van der Waals surface area contributed by atoms with Crippen molar-refractivity contribution in [3.05, 3.63) is 23.9 Å². The molecule has 2 N–H and O–H groups in total. The lowest BCUT2D eigenvalue weighted by atomic mass is 10.2. The van der Waals surface area contributed by atoms with Crippen LogP contribution in [0.5, 0.6) is 0 Å². The average Bonchev–Trinajstić information content (AvgIpc) is 2.39. The van der Waals surface area contributed by atoms with E-state index in [0.29, 0.717) is 18.0 Å². The van der Waals surface area contributed by atoms with E-state index in [1.165, 1.54) is 0 Å². The number of hydrogen-bond acceptors (Lipinski definition) is 4. The SMILES string of the molecule is CCNc1ncccc1C(=O)NC(CC)COC. The molecule has 5 heteroatoms. The first-order chi connectivity index (χ1) is 8.72. The lowest BCUT2D eigenvalue weighted by molar-refractivity contribution is 0.0895. The molecule has 1 aromatic rings. The lowest BCUT2D eigenvalue weighted by Crippen LogP contribution is -2.37. The molecule has 100 valence electrons. The van der Waals surface area contributed by atoms with Crippen LogP contribution in [0.2, 0.25) is 0 Å². The van der Waals surface area contributed by atoms with E-state index in [9.17, 15) is 4.79 Å². The van der Waals surface area contributed by atoms with Crippen LogP contribution in [0.15, 0.2) is 18.3 Å². The van der Waals surface area contributed by atoms with Gasteiger partial charge < -0.3 is 15.4 Å². The third-order valence-corrected chi connectivity index (χ3v) is 2.59. The van der Waals surface area contributed by atoms with Crippen LogP contribution in [0.1, 0.15) is 30.6 Å². The molecule has 1 amide bonds. The minimum atomic E-state index is -0.122. The topological polar surface area (TPSA) is 63.2 Å². The lowest BCUT2D eigenvalue weighted by Gasteiger charge is -2.17. The molecule has 0 saturated carbocycles. The largest absolute Gasteiger partial charge is 0.383 e. The first kappa shape index (κ1) is 14.4. The third kappa shape index (κ3) is 4.00.